The molecule has 3 unspecified atom stereocenters. The quantitative estimate of drug-likeness (QED) is 0.750. The van der Waals surface area contributed by atoms with Crippen LogP contribution in [0.5, 0.6) is 0 Å². The van der Waals surface area contributed by atoms with E-state index >= 15 is 0 Å². The summed E-state index contributed by atoms with van der Waals surface area (Å²) in [6.45, 7) is 4.39. The minimum absolute atomic E-state index is 0.472. The van der Waals surface area contributed by atoms with Crippen molar-refractivity contribution in [2.24, 2.45) is 0 Å². The minimum Gasteiger partial charge on any atom is -0.370 e. The minimum atomic E-state index is 0.472. The fourth-order valence-electron chi connectivity index (χ4n) is 1.83. The standard InChI is InChI=1S/C12H15BrO/c1-8(7-12-9(2)14-12)10-5-3-4-6-11(10)13/h3-6,8-9,12H,7H2,1-2H3. The van der Waals surface area contributed by atoms with E-state index in [2.05, 4.69) is 54.0 Å². The molecule has 1 fully saturated rings. The van der Waals surface area contributed by atoms with Crippen molar-refractivity contribution < 1.29 is 4.74 Å². The number of hydrogen-bond donors (Lipinski definition) is 0. The van der Waals surface area contributed by atoms with Gasteiger partial charge in [0.2, 0.25) is 0 Å². The molecule has 1 aliphatic rings. The zero-order chi connectivity index (χ0) is 10.1. The van der Waals surface area contributed by atoms with E-state index in [1.807, 2.05) is 0 Å². The van der Waals surface area contributed by atoms with Gasteiger partial charge in [0.25, 0.3) is 0 Å². The molecule has 0 N–H and O–H groups in total. The number of benzene rings is 1. The van der Waals surface area contributed by atoms with Crippen molar-refractivity contribution in [1.29, 1.82) is 0 Å². The van der Waals surface area contributed by atoms with Gasteiger partial charge in [-0.05, 0) is 30.9 Å². The lowest BCUT2D eigenvalue weighted by Gasteiger charge is -2.11. The van der Waals surface area contributed by atoms with Gasteiger partial charge in [0.1, 0.15) is 0 Å². The first-order valence-corrected chi connectivity index (χ1v) is 5.87. The molecule has 1 saturated heterocycles. The first-order chi connectivity index (χ1) is 6.68. The van der Waals surface area contributed by atoms with Crippen molar-refractivity contribution in [3.05, 3.63) is 34.3 Å². The van der Waals surface area contributed by atoms with Gasteiger partial charge < -0.3 is 4.74 Å². The second-order valence-corrected chi connectivity index (χ2v) is 4.89. The SMILES string of the molecule is CC(CC1OC1C)c1ccccc1Br. The molecule has 0 spiro atoms. The summed E-state index contributed by atoms with van der Waals surface area (Å²) in [5, 5.41) is 0. The maximum Gasteiger partial charge on any atom is 0.0844 e. The predicted molar refractivity (Wildman–Crippen MR) is 61.5 cm³/mol. The molecule has 0 aliphatic carbocycles. The summed E-state index contributed by atoms with van der Waals surface area (Å²) in [6.07, 6.45) is 2.08. The summed E-state index contributed by atoms with van der Waals surface area (Å²) in [5.74, 6) is 0.570. The Balaban J connectivity index is 2.03. The Morgan fingerprint density at radius 3 is 2.64 bits per heavy atom. The van der Waals surface area contributed by atoms with Gasteiger partial charge in [-0.2, -0.15) is 0 Å². The Morgan fingerprint density at radius 2 is 2.07 bits per heavy atom. The van der Waals surface area contributed by atoms with Crippen molar-refractivity contribution in [2.75, 3.05) is 0 Å². The van der Waals surface area contributed by atoms with Crippen molar-refractivity contribution in [1.82, 2.24) is 0 Å². The van der Waals surface area contributed by atoms with Gasteiger partial charge in [-0.3, -0.25) is 0 Å². The van der Waals surface area contributed by atoms with Gasteiger partial charge in [-0.1, -0.05) is 41.1 Å². The van der Waals surface area contributed by atoms with Crippen molar-refractivity contribution in [3.8, 4) is 0 Å². The van der Waals surface area contributed by atoms with Crippen LogP contribution in [-0.4, -0.2) is 12.2 Å². The van der Waals surface area contributed by atoms with Crippen molar-refractivity contribution in [2.45, 2.75) is 38.4 Å². The van der Waals surface area contributed by atoms with Crippen LogP contribution >= 0.6 is 15.9 Å². The highest BCUT2D eigenvalue weighted by Gasteiger charge is 2.35. The summed E-state index contributed by atoms with van der Waals surface area (Å²) in [5.41, 5.74) is 1.38. The van der Waals surface area contributed by atoms with Gasteiger partial charge in [-0.25, -0.2) is 0 Å². The highest BCUT2D eigenvalue weighted by atomic mass is 79.9. The van der Waals surface area contributed by atoms with Crippen LogP contribution in [0.1, 0.15) is 31.7 Å². The Kier molecular flexibility index (Phi) is 2.93. The van der Waals surface area contributed by atoms with Crippen LogP contribution in [0, 0.1) is 0 Å². The first kappa shape index (κ1) is 10.2. The molecule has 1 aromatic rings. The average Bonchev–Trinajstić information content (AvgIpc) is 2.82. The van der Waals surface area contributed by atoms with E-state index < -0.39 is 0 Å². The highest BCUT2D eigenvalue weighted by molar-refractivity contribution is 9.10. The molecular formula is C12H15BrO. The Hall–Kier alpha value is -0.340. The molecular weight excluding hydrogens is 240 g/mol. The number of epoxide rings is 1. The maximum absolute atomic E-state index is 5.43. The van der Waals surface area contributed by atoms with E-state index in [0.29, 0.717) is 18.1 Å². The van der Waals surface area contributed by atoms with Gasteiger partial charge in [-0.15, -0.1) is 0 Å². The lowest BCUT2D eigenvalue weighted by Crippen LogP contribution is -2.00. The summed E-state index contributed by atoms with van der Waals surface area (Å²) in [7, 11) is 0. The molecule has 3 atom stereocenters. The topological polar surface area (TPSA) is 12.5 Å². The van der Waals surface area contributed by atoms with Gasteiger partial charge in [0.05, 0.1) is 12.2 Å². The number of ether oxygens (including phenoxy) is 1. The van der Waals surface area contributed by atoms with E-state index in [9.17, 15) is 0 Å². The smallest absolute Gasteiger partial charge is 0.0844 e. The van der Waals surface area contributed by atoms with Gasteiger partial charge in [0, 0.05) is 4.47 Å². The third kappa shape index (κ3) is 2.18. The number of halogens is 1. The third-order valence-corrected chi connectivity index (χ3v) is 3.58. The lowest BCUT2D eigenvalue weighted by molar-refractivity contribution is 0.362. The molecule has 2 rings (SSSR count). The van der Waals surface area contributed by atoms with Crippen LogP contribution in [0.2, 0.25) is 0 Å². The van der Waals surface area contributed by atoms with E-state index in [4.69, 9.17) is 4.74 Å². The van der Waals surface area contributed by atoms with Crippen molar-refractivity contribution in [3.63, 3.8) is 0 Å². The lowest BCUT2D eigenvalue weighted by atomic mass is 9.96. The van der Waals surface area contributed by atoms with Crippen LogP contribution in [0.15, 0.2) is 28.7 Å². The molecule has 0 bridgehead atoms. The monoisotopic (exact) mass is 254 g/mol. The van der Waals surface area contributed by atoms with Crippen LogP contribution in [-0.2, 0) is 4.74 Å². The largest absolute Gasteiger partial charge is 0.370 e. The number of hydrogen-bond acceptors (Lipinski definition) is 1. The summed E-state index contributed by atoms with van der Waals surface area (Å²) in [6, 6.07) is 8.43. The maximum atomic E-state index is 5.43. The molecule has 1 nitrogen and oxygen atoms in total. The van der Waals surface area contributed by atoms with Crippen LogP contribution in [0.3, 0.4) is 0 Å². The fraction of sp³-hybridized carbons (Fsp3) is 0.500. The van der Waals surface area contributed by atoms with Gasteiger partial charge >= 0.3 is 0 Å². The summed E-state index contributed by atoms with van der Waals surface area (Å²) < 4.78 is 6.64. The molecule has 76 valence electrons. The molecule has 0 saturated carbocycles. The highest BCUT2D eigenvalue weighted by Crippen LogP contribution is 2.34. The summed E-state index contributed by atoms with van der Waals surface area (Å²) in [4.78, 5) is 0. The second kappa shape index (κ2) is 4.03. The molecule has 0 radical (unpaired) electrons. The van der Waals surface area contributed by atoms with E-state index in [0.717, 1.165) is 6.42 Å². The van der Waals surface area contributed by atoms with Gasteiger partial charge in [0.15, 0.2) is 0 Å². The third-order valence-electron chi connectivity index (χ3n) is 2.86. The molecule has 1 aliphatic heterocycles. The zero-order valence-electron chi connectivity index (χ0n) is 8.53. The average molecular weight is 255 g/mol. The zero-order valence-corrected chi connectivity index (χ0v) is 10.1. The second-order valence-electron chi connectivity index (χ2n) is 4.04. The predicted octanol–water partition coefficient (Wildman–Crippen LogP) is 3.73. The molecule has 14 heavy (non-hydrogen) atoms. The summed E-state index contributed by atoms with van der Waals surface area (Å²) >= 11 is 3.58. The Bertz CT molecular complexity index is 324. The molecule has 1 aromatic carbocycles. The molecule has 1 heterocycles. The molecule has 0 aromatic heterocycles. The Morgan fingerprint density at radius 1 is 1.43 bits per heavy atom. The molecule has 0 amide bonds. The fourth-order valence-corrected chi connectivity index (χ4v) is 2.50. The van der Waals surface area contributed by atoms with Crippen LogP contribution < -0.4 is 0 Å². The first-order valence-electron chi connectivity index (χ1n) is 5.08. The number of rotatable bonds is 3. The Labute approximate surface area is 93.6 Å². The van der Waals surface area contributed by atoms with Crippen LogP contribution in [0.25, 0.3) is 0 Å². The van der Waals surface area contributed by atoms with E-state index in [1.165, 1.54) is 10.0 Å². The normalized spacial score (nSPS) is 27.4. The van der Waals surface area contributed by atoms with E-state index in [-0.39, 0.29) is 0 Å². The van der Waals surface area contributed by atoms with Crippen molar-refractivity contribution >= 4 is 15.9 Å². The molecule has 2 heteroatoms. The van der Waals surface area contributed by atoms with E-state index in [1.54, 1.807) is 0 Å². The van der Waals surface area contributed by atoms with Crippen LogP contribution in [0.4, 0.5) is 0 Å².